The molecule has 0 amide bonds. The molecular weight excluding hydrogens is 260 g/mol. The SMILES string of the molecule is CCc1nc(Cl)cc(Oc2ccccc2C(C)C)n1. The summed E-state index contributed by atoms with van der Waals surface area (Å²) in [5.41, 5.74) is 1.15. The fraction of sp³-hybridized carbons (Fsp3) is 0.333. The van der Waals surface area contributed by atoms with Gasteiger partial charge in [-0.05, 0) is 17.5 Å². The minimum atomic E-state index is 0.388. The van der Waals surface area contributed by atoms with Gasteiger partial charge >= 0.3 is 0 Å². The second kappa shape index (κ2) is 6.02. The number of rotatable bonds is 4. The van der Waals surface area contributed by atoms with Crippen LogP contribution in [0.5, 0.6) is 11.6 Å². The van der Waals surface area contributed by atoms with Crippen molar-refractivity contribution in [3.8, 4) is 11.6 Å². The van der Waals surface area contributed by atoms with Crippen LogP contribution in [0.4, 0.5) is 0 Å². The molecule has 0 N–H and O–H groups in total. The molecule has 0 bridgehead atoms. The summed E-state index contributed by atoms with van der Waals surface area (Å²) in [6.07, 6.45) is 0.725. The Balaban J connectivity index is 2.33. The number of nitrogens with zero attached hydrogens (tertiary/aromatic N) is 2. The quantitative estimate of drug-likeness (QED) is 0.765. The van der Waals surface area contributed by atoms with Crippen molar-refractivity contribution in [1.29, 1.82) is 0 Å². The van der Waals surface area contributed by atoms with Gasteiger partial charge in [0.1, 0.15) is 16.7 Å². The number of halogens is 1. The molecule has 2 aromatic rings. The Bertz CT molecular complexity index is 570. The van der Waals surface area contributed by atoms with Crippen molar-refractivity contribution >= 4 is 11.6 Å². The van der Waals surface area contributed by atoms with Crippen molar-refractivity contribution in [1.82, 2.24) is 9.97 Å². The second-order valence-corrected chi connectivity index (χ2v) is 4.98. The van der Waals surface area contributed by atoms with Gasteiger partial charge < -0.3 is 4.74 Å². The summed E-state index contributed by atoms with van der Waals surface area (Å²) in [6, 6.07) is 9.59. The first-order chi connectivity index (χ1) is 9.10. The molecule has 100 valence electrons. The predicted octanol–water partition coefficient (Wildman–Crippen LogP) is 4.61. The number of ether oxygens (including phenoxy) is 1. The van der Waals surface area contributed by atoms with Crippen LogP contribution in [0.25, 0.3) is 0 Å². The highest BCUT2D eigenvalue weighted by atomic mass is 35.5. The van der Waals surface area contributed by atoms with E-state index in [1.165, 1.54) is 0 Å². The summed E-state index contributed by atoms with van der Waals surface area (Å²) in [4.78, 5) is 8.46. The topological polar surface area (TPSA) is 35.0 Å². The lowest BCUT2D eigenvalue weighted by Crippen LogP contribution is -1.98. The second-order valence-electron chi connectivity index (χ2n) is 4.59. The van der Waals surface area contributed by atoms with E-state index in [1.54, 1.807) is 6.07 Å². The van der Waals surface area contributed by atoms with E-state index in [1.807, 2.05) is 25.1 Å². The maximum absolute atomic E-state index is 5.97. The molecule has 19 heavy (non-hydrogen) atoms. The van der Waals surface area contributed by atoms with E-state index in [9.17, 15) is 0 Å². The number of hydrogen-bond donors (Lipinski definition) is 0. The van der Waals surface area contributed by atoms with Gasteiger partial charge in [0.15, 0.2) is 0 Å². The Labute approximate surface area is 118 Å². The van der Waals surface area contributed by atoms with Crippen LogP contribution >= 0.6 is 11.6 Å². The van der Waals surface area contributed by atoms with Crippen molar-refractivity contribution < 1.29 is 4.74 Å². The third-order valence-electron chi connectivity index (χ3n) is 2.79. The van der Waals surface area contributed by atoms with Crippen LogP contribution in [0, 0.1) is 0 Å². The molecule has 0 radical (unpaired) electrons. The van der Waals surface area contributed by atoms with Gasteiger partial charge in [0.25, 0.3) is 0 Å². The van der Waals surface area contributed by atoms with E-state index in [4.69, 9.17) is 16.3 Å². The van der Waals surface area contributed by atoms with Gasteiger partial charge in [0.2, 0.25) is 5.88 Å². The van der Waals surface area contributed by atoms with Gasteiger partial charge in [0.05, 0.1) is 0 Å². The monoisotopic (exact) mass is 276 g/mol. The molecule has 1 aromatic heterocycles. The zero-order valence-corrected chi connectivity index (χ0v) is 12.1. The molecule has 2 rings (SSSR count). The highest BCUT2D eigenvalue weighted by Crippen LogP contribution is 2.30. The number of aromatic nitrogens is 2. The number of aryl methyl sites for hydroxylation is 1. The Morgan fingerprint density at radius 1 is 1.21 bits per heavy atom. The Morgan fingerprint density at radius 3 is 2.63 bits per heavy atom. The summed E-state index contributed by atoms with van der Waals surface area (Å²) in [5.74, 6) is 2.38. The van der Waals surface area contributed by atoms with Gasteiger partial charge in [-0.2, -0.15) is 4.98 Å². The fourth-order valence-electron chi connectivity index (χ4n) is 1.82. The average molecular weight is 277 g/mol. The fourth-order valence-corrected chi connectivity index (χ4v) is 2.01. The van der Waals surface area contributed by atoms with E-state index in [0.29, 0.717) is 22.8 Å². The van der Waals surface area contributed by atoms with E-state index in [-0.39, 0.29) is 0 Å². The van der Waals surface area contributed by atoms with E-state index in [2.05, 4.69) is 29.9 Å². The van der Waals surface area contributed by atoms with Gasteiger partial charge in [-0.25, -0.2) is 4.98 Å². The molecule has 3 nitrogen and oxygen atoms in total. The zero-order chi connectivity index (χ0) is 13.8. The average Bonchev–Trinajstić information content (AvgIpc) is 2.38. The lowest BCUT2D eigenvalue weighted by atomic mass is 10.0. The highest BCUT2D eigenvalue weighted by molar-refractivity contribution is 6.29. The van der Waals surface area contributed by atoms with Crippen molar-refractivity contribution in [2.45, 2.75) is 33.1 Å². The van der Waals surface area contributed by atoms with Crippen molar-refractivity contribution in [2.24, 2.45) is 0 Å². The third kappa shape index (κ3) is 3.44. The lowest BCUT2D eigenvalue weighted by Gasteiger charge is -2.13. The molecule has 0 unspecified atom stereocenters. The molecule has 0 fully saturated rings. The van der Waals surface area contributed by atoms with E-state index >= 15 is 0 Å². The van der Waals surface area contributed by atoms with Crippen LogP contribution in [0.2, 0.25) is 5.15 Å². The van der Waals surface area contributed by atoms with Crippen LogP contribution in [0.1, 0.15) is 38.1 Å². The first-order valence-corrected chi connectivity index (χ1v) is 6.78. The molecular formula is C15H17ClN2O. The van der Waals surface area contributed by atoms with Crippen LogP contribution in [-0.2, 0) is 6.42 Å². The summed E-state index contributed by atoms with van der Waals surface area (Å²) in [6.45, 7) is 6.25. The molecule has 0 spiro atoms. The van der Waals surface area contributed by atoms with Crippen molar-refractivity contribution in [3.05, 3.63) is 46.9 Å². The number of benzene rings is 1. The molecule has 0 aliphatic rings. The third-order valence-corrected chi connectivity index (χ3v) is 2.98. The van der Waals surface area contributed by atoms with Gasteiger partial charge in [0, 0.05) is 12.5 Å². The largest absolute Gasteiger partial charge is 0.439 e. The van der Waals surface area contributed by atoms with Crippen LogP contribution < -0.4 is 4.74 Å². The van der Waals surface area contributed by atoms with Crippen molar-refractivity contribution in [3.63, 3.8) is 0 Å². The normalized spacial score (nSPS) is 10.8. The summed E-state index contributed by atoms with van der Waals surface area (Å²) < 4.78 is 5.86. The van der Waals surface area contributed by atoms with Crippen LogP contribution in [-0.4, -0.2) is 9.97 Å². The molecule has 0 saturated heterocycles. The lowest BCUT2D eigenvalue weighted by molar-refractivity contribution is 0.450. The molecule has 0 aliphatic heterocycles. The summed E-state index contributed by atoms with van der Waals surface area (Å²) in [5, 5.41) is 0.406. The maximum atomic E-state index is 5.97. The van der Waals surface area contributed by atoms with E-state index in [0.717, 1.165) is 17.7 Å². The van der Waals surface area contributed by atoms with Gasteiger partial charge in [-0.15, -0.1) is 0 Å². The smallest absolute Gasteiger partial charge is 0.224 e. The predicted molar refractivity (Wildman–Crippen MR) is 77.0 cm³/mol. The van der Waals surface area contributed by atoms with Gasteiger partial charge in [-0.3, -0.25) is 0 Å². The molecule has 0 saturated carbocycles. The Hall–Kier alpha value is -1.61. The zero-order valence-electron chi connectivity index (χ0n) is 11.4. The minimum Gasteiger partial charge on any atom is -0.439 e. The first kappa shape index (κ1) is 13.8. The molecule has 0 aliphatic carbocycles. The Kier molecular flexibility index (Phi) is 4.38. The summed E-state index contributed by atoms with van der Waals surface area (Å²) in [7, 11) is 0. The number of hydrogen-bond acceptors (Lipinski definition) is 3. The Morgan fingerprint density at radius 2 is 1.95 bits per heavy atom. The van der Waals surface area contributed by atoms with Crippen LogP contribution in [0.3, 0.4) is 0 Å². The molecule has 1 heterocycles. The van der Waals surface area contributed by atoms with Crippen LogP contribution in [0.15, 0.2) is 30.3 Å². The minimum absolute atomic E-state index is 0.388. The maximum Gasteiger partial charge on any atom is 0.224 e. The van der Waals surface area contributed by atoms with Crippen molar-refractivity contribution in [2.75, 3.05) is 0 Å². The van der Waals surface area contributed by atoms with Gasteiger partial charge in [-0.1, -0.05) is 50.6 Å². The first-order valence-electron chi connectivity index (χ1n) is 6.40. The highest BCUT2D eigenvalue weighted by Gasteiger charge is 2.10. The molecule has 4 heteroatoms. The molecule has 0 atom stereocenters. The van der Waals surface area contributed by atoms with E-state index < -0.39 is 0 Å². The molecule has 1 aromatic carbocycles. The number of para-hydroxylation sites is 1. The summed E-state index contributed by atoms with van der Waals surface area (Å²) >= 11 is 5.97. The standard InChI is InChI=1S/C15H17ClN2O/c1-4-14-17-13(16)9-15(18-14)19-12-8-6-5-7-11(12)10(2)3/h5-10H,4H2,1-3H3.